The molecular weight excluding hydrogens is 246 g/mol. The van der Waals surface area contributed by atoms with Crippen LogP contribution in [0.25, 0.3) is 0 Å². The third-order valence-electron chi connectivity index (χ3n) is 2.75. The van der Waals surface area contributed by atoms with Crippen LogP contribution in [0, 0.1) is 0 Å². The highest BCUT2D eigenvalue weighted by Crippen LogP contribution is 2.30. The van der Waals surface area contributed by atoms with Gasteiger partial charge in [0.15, 0.2) is 0 Å². The molecule has 1 saturated heterocycles. The van der Waals surface area contributed by atoms with Crippen LogP contribution in [-0.4, -0.2) is 41.3 Å². The smallest absolute Gasteiger partial charge is 0.413 e. The maximum absolute atomic E-state index is 12.3. The minimum absolute atomic E-state index is 0.282. The average Bonchev–Trinajstić information content (AvgIpc) is 2.51. The van der Waals surface area contributed by atoms with E-state index in [1.54, 1.807) is 26.8 Å². The topological polar surface area (TPSA) is 55.8 Å². The van der Waals surface area contributed by atoms with Gasteiger partial charge in [0.1, 0.15) is 17.6 Å². The number of hydrogen-bond donors (Lipinski definition) is 0. The van der Waals surface area contributed by atoms with E-state index < -0.39 is 17.4 Å². The van der Waals surface area contributed by atoms with Gasteiger partial charge in [-0.3, -0.25) is 9.69 Å². The van der Waals surface area contributed by atoms with Gasteiger partial charge in [0.05, 0.1) is 12.6 Å². The number of carbonyl (C=O) groups is 2. The lowest BCUT2D eigenvalue weighted by atomic mass is 10.1. The van der Waals surface area contributed by atoms with E-state index in [2.05, 4.69) is 0 Å². The molecule has 1 fully saturated rings. The van der Waals surface area contributed by atoms with Gasteiger partial charge >= 0.3 is 6.09 Å². The normalized spacial score (nSPS) is 23.4. The minimum Gasteiger partial charge on any atom is -0.444 e. The first-order chi connectivity index (χ1) is 8.57. The Balaban J connectivity index is 2.96. The van der Waals surface area contributed by atoms with Crippen LogP contribution in [0.4, 0.5) is 4.79 Å². The molecule has 0 aromatic rings. The van der Waals surface area contributed by atoms with Crippen LogP contribution in [0.2, 0.25) is 0 Å². The van der Waals surface area contributed by atoms with Gasteiger partial charge in [-0.05, 0) is 47.1 Å². The summed E-state index contributed by atoms with van der Waals surface area (Å²) in [5, 5.41) is 0. The molecule has 5 nitrogen and oxygen atoms in total. The van der Waals surface area contributed by atoms with Crippen LogP contribution in [-0.2, 0) is 14.3 Å². The second-order valence-electron chi connectivity index (χ2n) is 6.20. The van der Waals surface area contributed by atoms with Crippen molar-refractivity contribution in [1.29, 1.82) is 0 Å². The van der Waals surface area contributed by atoms with E-state index in [0.29, 0.717) is 12.2 Å². The molecule has 0 saturated carbocycles. The van der Waals surface area contributed by atoms with Gasteiger partial charge in [0.25, 0.3) is 0 Å². The van der Waals surface area contributed by atoms with Crippen molar-refractivity contribution in [3.8, 4) is 0 Å². The van der Waals surface area contributed by atoms with E-state index in [1.807, 2.05) is 20.8 Å². The number of carbonyl (C=O) groups excluding carboxylic acids is 2. The van der Waals surface area contributed by atoms with Crippen molar-refractivity contribution in [1.82, 2.24) is 4.90 Å². The lowest BCUT2D eigenvalue weighted by Gasteiger charge is -2.34. The first kappa shape index (κ1) is 15.7. The highest BCUT2D eigenvalue weighted by molar-refractivity contribution is 5.74. The zero-order valence-electron chi connectivity index (χ0n) is 12.5. The zero-order chi connectivity index (χ0) is 14.8. The Morgan fingerprint density at radius 1 is 1.42 bits per heavy atom. The van der Waals surface area contributed by atoms with Crippen molar-refractivity contribution >= 4 is 12.4 Å². The van der Waals surface area contributed by atoms with Gasteiger partial charge in [-0.15, -0.1) is 0 Å². The predicted octanol–water partition coefficient (Wildman–Crippen LogP) is 2.50. The zero-order valence-corrected chi connectivity index (χ0v) is 12.5. The lowest BCUT2D eigenvalue weighted by molar-refractivity contribution is -0.104. The first-order valence-electron chi connectivity index (χ1n) is 6.37. The quantitative estimate of drug-likeness (QED) is 0.571. The van der Waals surface area contributed by atoms with E-state index in [9.17, 15) is 9.59 Å². The fraction of sp³-hybridized carbons (Fsp3) is 0.714. The van der Waals surface area contributed by atoms with Crippen molar-refractivity contribution in [2.75, 3.05) is 6.61 Å². The number of nitrogens with zero attached hydrogens (tertiary/aromatic N) is 1. The van der Waals surface area contributed by atoms with Gasteiger partial charge in [0.2, 0.25) is 0 Å². The van der Waals surface area contributed by atoms with Crippen molar-refractivity contribution in [2.24, 2.45) is 0 Å². The molecule has 1 aliphatic rings. The number of aldehydes is 1. The number of hydrogen-bond acceptors (Lipinski definition) is 4. The van der Waals surface area contributed by atoms with Crippen LogP contribution in [0.15, 0.2) is 11.6 Å². The van der Waals surface area contributed by atoms with Gasteiger partial charge in [-0.25, -0.2) is 4.79 Å². The van der Waals surface area contributed by atoms with Gasteiger partial charge < -0.3 is 9.47 Å². The van der Waals surface area contributed by atoms with Crippen LogP contribution in [0.5, 0.6) is 0 Å². The largest absolute Gasteiger partial charge is 0.444 e. The Hall–Kier alpha value is -1.36. The van der Waals surface area contributed by atoms with Crippen LogP contribution < -0.4 is 0 Å². The average molecular weight is 269 g/mol. The van der Waals surface area contributed by atoms with Crippen LogP contribution >= 0.6 is 0 Å². The van der Waals surface area contributed by atoms with E-state index in [0.717, 1.165) is 6.29 Å². The summed E-state index contributed by atoms with van der Waals surface area (Å²) in [7, 11) is 0. The summed E-state index contributed by atoms with van der Waals surface area (Å²) >= 11 is 0. The maximum Gasteiger partial charge on any atom is 0.413 e. The predicted molar refractivity (Wildman–Crippen MR) is 71.7 cm³/mol. The molecule has 0 aromatic carbocycles. The molecule has 1 rings (SSSR count). The maximum atomic E-state index is 12.3. The Kier molecular flexibility index (Phi) is 4.40. The number of allylic oxidation sites excluding steroid dienone is 1. The Labute approximate surface area is 114 Å². The SMILES string of the molecule is C/C(C=O)=C\[C@@H]1COC(C)(C)N1C(=O)OC(C)(C)C. The standard InChI is InChI=1S/C14H23NO4/c1-10(8-16)7-11-9-18-14(5,6)15(11)12(17)19-13(2,3)4/h7-8,11H,9H2,1-6H3/b10-7+/t11-/m1/s1. The summed E-state index contributed by atoms with van der Waals surface area (Å²) in [4.78, 5) is 24.5. The van der Waals surface area contributed by atoms with Crippen molar-refractivity contribution in [2.45, 2.75) is 58.9 Å². The molecule has 1 heterocycles. The Morgan fingerprint density at radius 2 is 2.00 bits per heavy atom. The number of rotatable bonds is 2. The van der Waals surface area contributed by atoms with Crippen molar-refractivity contribution in [3.63, 3.8) is 0 Å². The molecule has 108 valence electrons. The minimum atomic E-state index is -0.743. The summed E-state index contributed by atoms with van der Waals surface area (Å²) in [5.74, 6) is 0. The first-order valence-corrected chi connectivity index (χ1v) is 6.37. The summed E-state index contributed by atoms with van der Waals surface area (Å²) in [5.41, 5.74) is -0.740. The second-order valence-corrected chi connectivity index (χ2v) is 6.20. The second kappa shape index (κ2) is 5.33. The van der Waals surface area contributed by atoms with Crippen LogP contribution in [0.3, 0.4) is 0 Å². The fourth-order valence-electron chi connectivity index (χ4n) is 1.96. The fourth-order valence-corrected chi connectivity index (χ4v) is 1.96. The molecule has 1 aliphatic heterocycles. The van der Waals surface area contributed by atoms with Gasteiger partial charge in [-0.2, -0.15) is 0 Å². The van der Waals surface area contributed by atoms with E-state index in [1.165, 1.54) is 4.90 Å². The van der Waals surface area contributed by atoms with Gasteiger partial charge in [-0.1, -0.05) is 6.08 Å². The molecule has 5 heteroatoms. The highest BCUT2D eigenvalue weighted by Gasteiger charge is 2.44. The number of amides is 1. The molecule has 0 bridgehead atoms. The molecule has 0 unspecified atom stereocenters. The van der Waals surface area contributed by atoms with Crippen molar-refractivity contribution < 1.29 is 19.1 Å². The molecule has 0 aromatic heterocycles. The molecule has 0 spiro atoms. The third-order valence-corrected chi connectivity index (χ3v) is 2.75. The molecule has 19 heavy (non-hydrogen) atoms. The molecule has 0 radical (unpaired) electrons. The summed E-state index contributed by atoms with van der Waals surface area (Å²) in [6.45, 7) is 11.1. The monoisotopic (exact) mass is 269 g/mol. The summed E-state index contributed by atoms with van der Waals surface area (Å²) in [6.07, 6.45) is 2.06. The van der Waals surface area contributed by atoms with Crippen molar-refractivity contribution in [3.05, 3.63) is 11.6 Å². The Bertz CT molecular complexity index is 393. The Morgan fingerprint density at radius 3 is 2.47 bits per heavy atom. The van der Waals surface area contributed by atoms with E-state index >= 15 is 0 Å². The molecule has 1 atom stereocenters. The van der Waals surface area contributed by atoms with Crippen LogP contribution in [0.1, 0.15) is 41.5 Å². The highest BCUT2D eigenvalue weighted by atomic mass is 16.6. The number of ether oxygens (including phenoxy) is 2. The summed E-state index contributed by atoms with van der Waals surface area (Å²) in [6, 6.07) is -0.282. The molecule has 1 amide bonds. The lowest BCUT2D eigenvalue weighted by Crippen LogP contribution is -2.49. The summed E-state index contributed by atoms with van der Waals surface area (Å²) < 4.78 is 11.0. The third kappa shape index (κ3) is 4.06. The molecule has 0 N–H and O–H groups in total. The van der Waals surface area contributed by atoms with E-state index in [4.69, 9.17) is 9.47 Å². The molecule has 0 aliphatic carbocycles. The van der Waals surface area contributed by atoms with Gasteiger partial charge in [0, 0.05) is 0 Å². The molecular formula is C14H23NO4. The van der Waals surface area contributed by atoms with E-state index in [-0.39, 0.29) is 6.04 Å².